The molecule has 1 N–H and O–H groups in total. The number of hydrogen-bond donors (Lipinski definition) is 1. The number of rotatable bonds is 14. The van der Waals surface area contributed by atoms with E-state index in [1.807, 2.05) is 0 Å². The molecule has 200 valence electrons. The van der Waals surface area contributed by atoms with E-state index < -0.39 is 11.7 Å². The molecule has 8 heteroatoms. The molecule has 1 aromatic carbocycles. The molecular formula is C27H44F3N3O2. The maximum atomic E-state index is 12.7. The second-order valence-corrected chi connectivity index (χ2v) is 9.84. The van der Waals surface area contributed by atoms with Gasteiger partial charge in [-0.25, -0.2) is 4.79 Å². The van der Waals surface area contributed by atoms with Gasteiger partial charge in [0, 0.05) is 25.4 Å². The molecule has 1 aliphatic rings. The van der Waals surface area contributed by atoms with Crippen molar-refractivity contribution in [3.8, 4) is 0 Å². The molecule has 0 bridgehead atoms. The summed E-state index contributed by atoms with van der Waals surface area (Å²) in [6, 6.07) is 4.33. The van der Waals surface area contributed by atoms with Crippen LogP contribution in [-0.2, 0) is 10.9 Å². The minimum atomic E-state index is -4.38. The summed E-state index contributed by atoms with van der Waals surface area (Å²) in [5.41, 5.74) is -0.373. The molecule has 1 fully saturated rings. The lowest BCUT2D eigenvalue weighted by atomic mass is 9.92. The van der Waals surface area contributed by atoms with Gasteiger partial charge in [0.25, 0.3) is 0 Å². The summed E-state index contributed by atoms with van der Waals surface area (Å²) in [6.07, 6.45) is 8.11. The summed E-state index contributed by atoms with van der Waals surface area (Å²) in [5.74, 6) is 0. The van der Waals surface area contributed by atoms with Gasteiger partial charge in [-0.3, -0.25) is 0 Å². The number of alkyl halides is 3. The predicted molar refractivity (Wildman–Crippen MR) is 136 cm³/mol. The molecule has 2 rings (SSSR count). The number of unbranched alkanes of at least 4 members (excludes halogenated alkanes) is 5. The SMILES string of the molecule is CCCCCN(C)CCCCCCO[C@H]1CC[C@H](N(C)C(=O)Nc2ccc(C(F)(F)F)cc2)CC1. The molecule has 5 nitrogen and oxygen atoms in total. The van der Waals surface area contributed by atoms with Crippen LogP contribution in [0.1, 0.15) is 83.1 Å². The number of ether oxygens (including phenoxy) is 1. The van der Waals surface area contributed by atoms with E-state index in [0.717, 1.165) is 50.8 Å². The lowest BCUT2D eigenvalue weighted by Crippen LogP contribution is -2.42. The van der Waals surface area contributed by atoms with Crippen LogP contribution in [0.15, 0.2) is 24.3 Å². The van der Waals surface area contributed by atoms with Crippen molar-refractivity contribution in [2.75, 3.05) is 39.1 Å². The molecule has 0 heterocycles. The second kappa shape index (κ2) is 15.3. The van der Waals surface area contributed by atoms with Crippen molar-refractivity contribution in [1.29, 1.82) is 0 Å². The van der Waals surface area contributed by atoms with Crippen LogP contribution in [0.4, 0.5) is 23.7 Å². The minimum Gasteiger partial charge on any atom is -0.378 e. The molecule has 0 atom stereocenters. The predicted octanol–water partition coefficient (Wildman–Crippen LogP) is 7.18. The highest BCUT2D eigenvalue weighted by Crippen LogP contribution is 2.30. The summed E-state index contributed by atoms with van der Waals surface area (Å²) < 4.78 is 44.2. The Kier molecular flexibility index (Phi) is 12.9. The largest absolute Gasteiger partial charge is 0.416 e. The Morgan fingerprint density at radius 1 is 0.943 bits per heavy atom. The highest BCUT2D eigenvalue weighted by molar-refractivity contribution is 5.89. The van der Waals surface area contributed by atoms with E-state index in [-0.39, 0.29) is 18.2 Å². The van der Waals surface area contributed by atoms with Crippen LogP contribution in [0.2, 0.25) is 0 Å². The number of nitrogens with zero attached hydrogens (tertiary/aromatic N) is 2. The Morgan fingerprint density at radius 3 is 2.14 bits per heavy atom. The molecule has 2 amide bonds. The second-order valence-electron chi connectivity index (χ2n) is 9.84. The van der Waals surface area contributed by atoms with Gasteiger partial charge >= 0.3 is 12.2 Å². The molecule has 35 heavy (non-hydrogen) atoms. The summed E-state index contributed by atoms with van der Waals surface area (Å²) in [5, 5.41) is 2.69. The van der Waals surface area contributed by atoms with Crippen LogP contribution < -0.4 is 5.32 Å². The number of benzene rings is 1. The average molecular weight is 500 g/mol. The lowest BCUT2D eigenvalue weighted by molar-refractivity contribution is -0.137. The van der Waals surface area contributed by atoms with Crippen molar-refractivity contribution in [2.45, 2.75) is 95.9 Å². The highest BCUT2D eigenvalue weighted by Gasteiger charge is 2.30. The van der Waals surface area contributed by atoms with Gasteiger partial charge in [-0.2, -0.15) is 13.2 Å². The Hall–Kier alpha value is -1.80. The zero-order valence-corrected chi connectivity index (χ0v) is 21.7. The first-order valence-corrected chi connectivity index (χ1v) is 13.2. The number of carbonyl (C=O) groups is 1. The Balaban J connectivity index is 1.56. The topological polar surface area (TPSA) is 44.8 Å². The van der Waals surface area contributed by atoms with Crippen molar-refractivity contribution >= 4 is 11.7 Å². The molecular weight excluding hydrogens is 455 g/mol. The molecule has 0 radical (unpaired) electrons. The van der Waals surface area contributed by atoms with Crippen molar-refractivity contribution in [3.63, 3.8) is 0 Å². The van der Waals surface area contributed by atoms with E-state index in [1.54, 1.807) is 11.9 Å². The first-order chi connectivity index (χ1) is 16.7. The zero-order chi connectivity index (χ0) is 25.7. The Labute approximate surface area is 209 Å². The summed E-state index contributed by atoms with van der Waals surface area (Å²) in [6.45, 7) is 5.41. The highest BCUT2D eigenvalue weighted by atomic mass is 19.4. The summed E-state index contributed by atoms with van der Waals surface area (Å²) in [7, 11) is 3.96. The van der Waals surface area contributed by atoms with E-state index in [1.165, 1.54) is 63.7 Å². The fourth-order valence-electron chi connectivity index (χ4n) is 4.55. The third-order valence-electron chi connectivity index (χ3n) is 6.91. The van der Waals surface area contributed by atoms with Gasteiger partial charge in [0.15, 0.2) is 0 Å². The van der Waals surface area contributed by atoms with E-state index in [2.05, 4.69) is 24.2 Å². The number of hydrogen-bond acceptors (Lipinski definition) is 3. The molecule has 0 saturated heterocycles. The number of urea groups is 1. The van der Waals surface area contributed by atoms with Crippen molar-refractivity contribution in [3.05, 3.63) is 29.8 Å². The molecule has 1 saturated carbocycles. The first kappa shape index (κ1) is 29.4. The van der Waals surface area contributed by atoms with Crippen molar-refractivity contribution < 1.29 is 22.7 Å². The van der Waals surface area contributed by atoms with Crippen molar-refractivity contribution in [1.82, 2.24) is 9.80 Å². The fourth-order valence-corrected chi connectivity index (χ4v) is 4.55. The van der Waals surface area contributed by atoms with Crippen LogP contribution in [0.5, 0.6) is 0 Å². The smallest absolute Gasteiger partial charge is 0.378 e. The zero-order valence-electron chi connectivity index (χ0n) is 21.7. The molecule has 0 aromatic heterocycles. The Morgan fingerprint density at radius 2 is 1.54 bits per heavy atom. The van der Waals surface area contributed by atoms with Gasteiger partial charge in [0.05, 0.1) is 11.7 Å². The van der Waals surface area contributed by atoms with Crippen LogP contribution in [-0.4, -0.2) is 61.8 Å². The maximum Gasteiger partial charge on any atom is 0.416 e. The van der Waals surface area contributed by atoms with Gasteiger partial charge in [-0.15, -0.1) is 0 Å². The Bertz CT molecular complexity index is 719. The van der Waals surface area contributed by atoms with E-state index in [9.17, 15) is 18.0 Å². The van der Waals surface area contributed by atoms with Crippen LogP contribution in [0.3, 0.4) is 0 Å². The van der Waals surface area contributed by atoms with E-state index in [0.29, 0.717) is 5.69 Å². The average Bonchev–Trinajstić information content (AvgIpc) is 2.83. The summed E-state index contributed by atoms with van der Waals surface area (Å²) >= 11 is 0. The van der Waals surface area contributed by atoms with Crippen LogP contribution in [0.25, 0.3) is 0 Å². The normalized spacial score (nSPS) is 18.6. The van der Waals surface area contributed by atoms with Crippen LogP contribution in [0, 0.1) is 0 Å². The monoisotopic (exact) mass is 499 g/mol. The van der Waals surface area contributed by atoms with Gasteiger partial charge in [-0.1, -0.05) is 32.6 Å². The standard InChI is InChI=1S/C27H44F3N3O2/c1-4-5-8-19-32(2)20-9-6-7-10-21-35-25-17-15-24(16-18-25)33(3)26(34)31-23-13-11-22(12-14-23)27(28,29)30/h11-14,24-25H,4-10,15-21H2,1-3H3,(H,31,34)/t24-,25-. The molecule has 0 unspecified atom stereocenters. The number of nitrogens with one attached hydrogen (secondary N) is 1. The van der Waals surface area contributed by atoms with Gasteiger partial charge in [0.2, 0.25) is 0 Å². The fraction of sp³-hybridized carbons (Fsp3) is 0.741. The van der Waals surface area contributed by atoms with E-state index in [4.69, 9.17) is 4.74 Å². The number of amides is 2. The third kappa shape index (κ3) is 11.2. The van der Waals surface area contributed by atoms with Crippen molar-refractivity contribution in [2.24, 2.45) is 0 Å². The number of carbonyl (C=O) groups excluding carboxylic acids is 1. The van der Waals surface area contributed by atoms with Gasteiger partial charge < -0.3 is 19.9 Å². The molecule has 0 aliphatic heterocycles. The van der Waals surface area contributed by atoms with Gasteiger partial charge in [-0.05, 0) is 89.3 Å². The first-order valence-electron chi connectivity index (χ1n) is 13.2. The molecule has 0 spiro atoms. The van der Waals surface area contributed by atoms with E-state index >= 15 is 0 Å². The lowest BCUT2D eigenvalue weighted by Gasteiger charge is -2.34. The number of anilines is 1. The minimum absolute atomic E-state index is 0.110. The third-order valence-corrected chi connectivity index (χ3v) is 6.91. The van der Waals surface area contributed by atoms with Gasteiger partial charge in [0.1, 0.15) is 0 Å². The molecule has 1 aromatic rings. The maximum absolute atomic E-state index is 12.7. The quantitative estimate of drug-likeness (QED) is 0.276. The molecule has 1 aliphatic carbocycles. The number of halogens is 3. The van der Waals surface area contributed by atoms with Crippen LogP contribution >= 0.6 is 0 Å². The summed E-state index contributed by atoms with van der Waals surface area (Å²) in [4.78, 5) is 16.6.